The van der Waals surface area contributed by atoms with Crippen LogP contribution in [0.25, 0.3) is 0 Å². The van der Waals surface area contributed by atoms with Gasteiger partial charge >= 0.3 is 0 Å². The maximum atomic E-state index is 12.4. The van der Waals surface area contributed by atoms with Gasteiger partial charge in [-0.15, -0.1) is 0 Å². The maximum Gasteiger partial charge on any atom is 0.255 e. The first-order valence-corrected chi connectivity index (χ1v) is 8.01. The Kier molecular flexibility index (Phi) is 4.55. The third kappa shape index (κ3) is 3.21. The van der Waals surface area contributed by atoms with Crippen molar-refractivity contribution in [1.29, 1.82) is 0 Å². The molecule has 1 aliphatic rings. The van der Waals surface area contributed by atoms with E-state index in [1.54, 1.807) is 24.3 Å². The Morgan fingerprint density at radius 1 is 1.00 bits per heavy atom. The Morgan fingerprint density at radius 3 is 2.36 bits per heavy atom. The molecular formula is C17H16Cl2N2O. The summed E-state index contributed by atoms with van der Waals surface area (Å²) in [5.41, 5.74) is 2.22. The quantitative estimate of drug-likeness (QED) is 0.870. The Hall–Kier alpha value is -1.71. The van der Waals surface area contributed by atoms with Crippen LogP contribution in [0.1, 0.15) is 23.2 Å². The van der Waals surface area contributed by atoms with Gasteiger partial charge in [0, 0.05) is 23.7 Å². The number of anilines is 2. The molecule has 2 aromatic rings. The summed E-state index contributed by atoms with van der Waals surface area (Å²) in [4.78, 5) is 14.6. The average molecular weight is 335 g/mol. The monoisotopic (exact) mass is 334 g/mol. The Morgan fingerprint density at radius 2 is 1.68 bits per heavy atom. The second kappa shape index (κ2) is 6.59. The van der Waals surface area contributed by atoms with E-state index in [0.717, 1.165) is 37.3 Å². The average Bonchev–Trinajstić information content (AvgIpc) is 3.02. The van der Waals surface area contributed by atoms with Gasteiger partial charge in [-0.1, -0.05) is 29.3 Å². The summed E-state index contributed by atoms with van der Waals surface area (Å²) >= 11 is 12.2. The van der Waals surface area contributed by atoms with Gasteiger partial charge in [-0.25, -0.2) is 0 Å². The van der Waals surface area contributed by atoms with Crippen LogP contribution in [0, 0.1) is 0 Å². The zero-order valence-electron chi connectivity index (χ0n) is 12.0. The molecule has 3 rings (SSSR count). The van der Waals surface area contributed by atoms with E-state index in [9.17, 15) is 4.79 Å². The van der Waals surface area contributed by atoms with Crippen molar-refractivity contribution in [2.45, 2.75) is 12.8 Å². The molecule has 1 fully saturated rings. The second-order valence-corrected chi connectivity index (χ2v) is 6.13. The lowest BCUT2D eigenvalue weighted by Gasteiger charge is -2.23. The molecule has 0 aliphatic carbocycles. The van der Waals surface area contributed by atoms with Gasteiger partial charge in [0.05, 0.1) is 16.4 Å². The van der Waals surface area contributed by atoms with Gasteiger partial charge in [-0.3, -0.25) is 4.79 Å². The highest BCUT2D eigenvalue weighted by atomic mass is 35.5. The first kappa shape index (κ1) is 15.2. The number of rotatable bonds is 3. The molecule has 0 radical (unpaired) electrons. The third-order valence-electron chi connectivity index (χ3n) is 3.76. The summed E-state index contributed by atoms with van der Waals surface area (Å²) in [5.74, 6) is -0.167. The normalized spacial score (nSPS) is 14.2. The molecule has 114 valence electrons. The van der Waals surface area contributed by atoms with Gasteiger partial charge in [-0.05, 0) is 49.2 Å². The van der Waals surface area contributed by atoms with Crippen molar-refractivity contribution in [3.05, 3.63) is 58.1 Å². The summed E-state index contributed by atoms with van der Waals surface area (Å²) in [7, 11) is 0. The number of benzene rings is 2. The minimum atomic E-state index is -0.167. The molecular weight excluding hydrogens is 319 g/mol. The van der Waals surface area contributed by atoms with E-state index in [1.807, 2.05) is 18.2 Å². The molecule has 1 amide bonds. The van der Waals surface area contributed by atoms with Crippen LogP contribution in [0.3, 0.4) is 0 Å². The fraction of sp³-hybridized carbons (Fsp3) is 0.235. The highest BCUT2D eigenvalue weighted by Crippen LogP contribution is 2.36. The van der Waals surface area contributed by atoms with Crippen LogP contribution in [0.15, 0.2) is 42.5 Å². The number of nitrogens with zero attached hydrogens (tertiary/aromatic N) is 1. The molecule has 22 heavy (non-hydrogen) atoms. The van der Waals surface area contributed by atoms with Crippen LogP contribution in [0.4, 0.5) is 11.4 Å². The Labute approximate surface area is 139 Å². The molecule has 0 unspecified atom stereocenters. The molecule has 1 N–H and O–H groups in total. The largest absolute Gasteiger partial charge is 0.369 e. The molecule has 0 atom stereocenters. The summed E-state index contributed by atoms with van der Waals surface area (Å²) in [6.45, 7) is 1.93. The minimum Gasteiger partial charge on any atom is -0.369 e. The number of amides is 1. The molecule has 2 aromatic carbocycles. The Balaban J connectivity index is 1.87. The first-order valence-electron chi connectivity index (χ1n) is 7.25. The number of carbonyl (C=O) groups is 1. The van der Waals surface area contributed by atoms with Gasteiger partial charge < -0.3 is 10.2 Å². The molecule has 0 saturated carbocycles. The predicted molar refractivity (Wildman–Crippen MR) is 92.3 cm³/mol. The van der Waals surface area contributed by atoms with Crippen molar-refractivity contribution < 1.29 is 4.79 Å². The Bertz CT molecular complexity index is 680. The lowest BCUT2D eigenvalue weighted by Crippen LogP contribution is -2.21. The van der Waals surface area contributed by atoms with Crippen molar-refractivity contribution in [2.24, 2.45) is 0 Å². The zero-order valence-corrected chi connectivity index (χ0v) is 13.5. The van der Waals surface area contributed by atoms with Gasteiger partial charge in [-0.2, -0.15) is 0 Å². The zero-order chi connectivity index (χ0) is 15.5. The predicted octanol–water partition coefficient (Wildman–Crippen LogP) is 4.85. The molecule has 0 aromatic heterocycles. The lowest BCUT2D eigenvalue weighted by atomic mass is 10.2. The topological polar surface area (TPSA) is 32.3 Å². The van der Waals surface area contributed by atoms with Crippen LogP contribution in [-0.2, 0) is 0 Å². The van der Waals surface area contributed by atoms with Gasteiger partial charge in [0.15, 0.2) is 0 Å². The van der Waals surface area contributed by atoms with E-state index >= 15 is 0 Å². The number of nitrogens with one attached hydrogen (secondary N) is 1. The van der Waals surface area contributed by atoms with Crippen LogP contribution >= 0.6 is 23.2 Å². The van der Waals surface area contributed by atoms with E-state index < -0.39 is 0 Å². The number of halogens is 2. The molecule has 1 heterocycles. The molecule has 0 spiro atoms. The van der Waals surface area contributed by atoms with Crippen molar-refractivity contribution in [3.8, 4) is 0 Å². The van der Waals surface area contributed by atoms with Gasteiger partial charge in [0.25, 0.3) is 5.91 Å². The summed E-state index contributed by atoms with van der Waals surface area (Å²) in [6.07, 6.45) is 2.30. The lowest BCUT2D eigenvalue weighted by molar-refractivity contribution is 0.102. The van der Waals surface area contributed by atoms with Crippen LogP contribution in [-0.4, -0.2) is 19.0 Å². The molecule has 3 nitrogen and oxygen atoms in total. The van der Waals surface area contributed by atoms with Crippen LogP contribution in [0.5, 0.6) is 0 Å². The second-order valence-electron chi connectivity index (χ2n) is 5.29. The van der Waals surface area contributed by atoms with E-state index in [-0.39, 0.29) is 5.91 Å². The minimum absolute atomic E-state index is 0.167. The number of hydrogen-bond acceptors (Lipinski definition) is 2. The van der Waals surface area contributed by atoms with Crippen molar-refractivity contribution in [3.63, 3.8) is 0 Å². The number of carbonyl (C=O) groups excluding carboxylic acids is 1. The summed E-state index contributed by atoms with van der Waals surface area (Å²) in [6, 6.07) is 12.4. The van der Waals surface area contributed by atoms with Gasteiger partial charge in [0.2, 0.25) is 0 Å². The molecule has 1 aliphatic heterocycles. The van der Waals surface area contributed by atoms with E-state index in [4.69, 9.17) is 23.2 Å². The smallest absolute Gasteiger partial charge is 0.255 e. The summed E-state index contributed by atoms with van der Waals surface area (Å²) in [5, 5.41) is 4.23. The maximum absolute atomic E-state index is 12.4. The fourth-order valence-electron chi connectivity index (χ4n) is 2.67. The highest BCUT2D eigenvalue weighted by Gasteiger charge is 2.20. The van der Waals surface area contributed by atoms with Crippen LogP contribution < -0.4 is 10.2 Å². The SMILES string of the molecule is O=C(Nc1cccc(Cl)c1N1CCCC1)c1ccc(Cl)cc1. The third-order valence-corrected chi connectivity index (χ3v) is 4.32. The molecule has 5 heteroatoms. The standard InChI is InChI=1S/C17H16Cl2N2O/c18-13-8-6-12(7-9-13)17(22)20-15-5-3-4-14(19)16(15)21-10-1-2-11-21/h3-9H,1-2,10-11H2,(H,20,22). The first-order chi connectivity index (χ1) is 10.6. The van der Waals surface area contributed by atoms with Gasteiger partial charge in [0.1, 0.15) is 0 Å². The van der Waals surface area contributed by atoms with E-state index in [1.165, 1.54) is 0 Å². The van der Waals surface area contributed by atoms with Crippen molar-refractivity contribution in [2.75, 3.05) is 23.3 Å². The van der Waals surface area contributed by atoms with E-state index in [2.05, 4.69) is 10.2 Å². The van der Waals surface area contributed by atoms with Crippen molar-refractivity contribution in [1.82, 2.24) is 0 Å². The molecule has 1 saturated heterocycles. The number of hydrogen-bond donors (Lipinski definition) is 1. The van der Waals surface area contributed by atoms with Crippen LogP contribution in [0.2, 0.25) is 10.0 Å². The number of para-hydroxylation sites is 1. The van der Waals surface area contributed by atoms with E-state index in [0.29, 0.717) is 15.6 Å². The fourth-order valence-corrected chi connectivity index (χ4v) is 3.09. The van der Waals surface area contributed by atoms with Crippen molar-refractivity contribution >= 4 is 40.5 Å². The molecule has 0 bridgehead atoms. The summed E-state index contributed by atoms with van der Waals surface area (Å²) < 4.78 is 0. The highest BCUT2D eigenvalue weighted by molar-refractivity contribution is 6.34.